The SMILES string of the molecule is CCC[C@@H](NC(=O)c1ccc(COC)cc1)C(=O)O. The molecule has 0 aliphatic rings. The molecule has 0 saturated carbocycles. The van der Waals surface area contributed by atoms with E-state index in [1.807, 2.05) is 6.92 Å². The van der Waals surface area contributed by atoms with Gasteiger partial charge in [0.1, 0.15) is 6.04 Å². The molecule has 1 atom stereocenters. The maximum atomic E-state index is 11.9. The summed E-state index contributed by atoms with van der Waals surface area (Å²) in [4.78, 5) is 22.9. The molecule has 0 saturated heterocycles. The Hall–Kier alpha value is -1.88. The smallest absolute Gasteiger partial charge is 0.326 e. The van der Waals surface area contributed by atoms with Crippen LogP contribution in [-0.4, -0.2) is 30.1 Å². The van der Waals surface area contributed by atoms with E-state index >= 15 is 0 Å². The summed E-state index contributed by atoms with van der Waals surface area (Å²) in [6.45, 7) is 2.36. The van der Waals surface area contributed by atoms with Gasteiger partial charge in [0, 0.05) is 12.7 Å². The van der Waals surface area contributed by atoms with Crippen LogP contribution in [0, 0.1) is 0 Å². The Balaban J connectivity index is 2.68. The lowest BCUT2D eigenvalue weighted by molar-refractivity contribution is -0.139. The van der Waals surface area contributed by atoms with Crippen molar-refractivity contribution in [3.05, 3.63) is 35.4 Å². The third-order valence-electron chi connectivity index (χ3n) is 2.71. The van der Waals surface area contributed by atoms with E-state index in [4.69, 9.17) is 9.84 Å². The molecule has 0 fully saturated rings. The van der Waals surface area contributed by atoms with Crippen molar-refractivity contribution in [2.75, 3.05) is 7.11 Å². The van der Waals surface area contributed by atoms with Gasteiger partial charge in [-0.3, -0.25) is 4.79 Å². The first-order valence-corrected chi connectivity index (χ1v) is 6.20. The van der Waals surface area contributed by atoms with Gasteiger partial charge in [0.05, 0.1) is 6.61 Å². The molecule has 0 unspecified atom stereocenters. The van der Waals surface area contributed by atoms with Crippen LogP contribution in [0.1, 0.15) is 35.7 Å². The lowest BCUT2D eigenvalue weighted by atomic mass is 10.1. The standard InChI is InChI=1S/C14H19NO4/c1-3-4-12(14(17)18)15-13(16)11-7-5-10(6-8-11)9-19-2/h5-8,12H,3-4,9H2,1-2H3,(H,15,16)(H,17,18)/t12-/m1/s1. The number of methoxy groups -OCH3 is 1. The number of hydrogen-bond acceptors (Lipinski definition) is 3. The number of aliphatic carboxylic acids is 1. The topological polar surface area (TPSA) is 75.6 Å². The van der Waals surface area contributed by atoms with Crippen LogP contribution in [0.4, 0.5) is 0 Å². The highest BCUT2D eigenvalue weighted by molar-refractivity contribution is 5.96. The number of carboxylic acids is 1. The minimum Gasteiger partial charge on any atom is -0.480 e. The molecule has 0 spiro atoms. The van der Waals surface area contributed by atoms with Crippen molar-refractivity contribution in [1.82, 2.24) is 5.32 Å². The highest BCUT2D eigenvalue weighted by Crippen LogP contribution is 2.07. The van der Waals surface area contributed by atoms with E-state index in [0.29, 0.717) is 25.0 Å². The average Bonchev–Trinajstić information content (AvgIpc) is 2.39. The van der Waals surface area contributed by atoms with Crippen molar-refractivity contribution in [1.29, 1.82) is 0 Å². The van der Waals surface area contributed by atoms with E-state index in [-0.39, 0.29) is 5.91 Å². The number of benzene rings is 1. The Morgan fingerprint density at radius 1 is 1.32 bits per heavy atom. The monoisotopic (exact) mass is 265 g/mol. The van der Waals surface area contributed by atoms with E-state index in [1.54, 1.807) is 31.4 Å². The zero-order valence-corrected chi connectivity index (χ0v) is 11.2. The Morgan fingerprint density at radius 3 is 2.42 bits per heavy atom. The number of rotatable bonds is 7. The predicted octanol–water partition coefficient (Wildman–Crippen LogP) is 1.82. The average molecular weight is 265 g/mol. The Morgan fingerprint density at radius 2 is 1.95 bits per heavy atom. The molecule has 5 heteroatoms. The number of carbonyl (C=O) groups excluding carboxylic acids is 1. The van der Waals surface area contributed by atoms with E-state index in [9.17, 15) is 9.59 Å². The van der Waals surface area contributed by atoms with Crippen molar-refractivity contribution in [2.45, 2.75) is 32.4 Å². The van der Waals surface area contributed by atoms with Gasteiger partial charge in [-0.15, -0.1) is 0 Å². The van der Waals surface area contributed by atoms with Crippen LogP contribution in [0.25, 0.3) is 0 Å². The number of carboxylic acid groups (broad SMARTS) is 1. The van der Waals surface area contributed by atoms with Crippen LogP contribution in [-0.2, 0) is 16.1 Å². The molecular weight excluding hydrogens is 246 g/mol. The molecule has 1 rings (SSSR count). The summed E-state index contributed by atoms with van der Waals surface area (Å²) in [5, 5.41) is 11.5. The van der Waals surface area contributed by atoms with Crippen LogP contribution in [0.5, 0.6) is 0 Å². The summed E-state index contributed by atoms with van der Waals surface area (Å²) in [6.07, 6.45) is 1.12. The van der Waals surface area contributed by atoms with Crippen molar-refractivity contribution in [3.63, 3.8) is 0 Å². The van der Waals surface area contributed by atoms with Gasteiger partial charge in [-0.2, -0.15) is 0 Å². The van der Waals surface area contributed by atoms with E-state index in [1.165, 1.54) is 0 Å². The molecule has 0 aromatic heterocycles. The molecule has 1 amide bonds. The zero-order valence-electron chi connectivity index (χ0n) is 11.2. The van der Waals surface area contributed by atoms with Crippen molar-refractivity contribution in [2.24, 2.45) is 0 Å². The Labute approximate surface area is 112 Å². The maximum absolute atomic E-state index is 11.9. The first-order chi connectivity index (χ1) is 9.08. The lowest BCUT2D eigenvalue weighted by Crippen LogP contribution is -2.40. The maximum Gasteiger partial charge on any atom is 0.326 e. The predicted molar refractivity (Wildman–Crippen MR) is 71.0 cm³/mol. The van der Waals surface area contributed by atoms with Gasteiger partial charge in [-0.25, -0.2) is 4.79 Å². The van der Waals surface area contributed by atoms with Gasteiger partial charge in [0.15, 0.2) is 0 Å². The van der Waals surface area contributed by atoms with Gasteiger partial charge < -0.3 is 15.2 Å². The molecule has 19 heavy (non-hydrogen) atoms. The zero-order chi connectivity index (χ0) is 14.3. The molecule has 2 N–H and O–H groups in total. The van der Waals surface area contributed by atoms with Crippen molar-refractivity contribution in [3.8, 4) is 0 Å². The Kier molecular flexibility index (Phi) is 6.02. The molecule has 0 heterocycles. The molecule has 1 aromatic rings. The molecular formula is C14H19NO4. The van der Waals surface area contributed by atoms with Crippen molar-refractivity contribution < 1.29 is 19.4 Å². The first-order valence-electron chi connectivity index (χ1n) is 6.20. The molecule has 1 aromatic carbocycles. The van der Waals surface area contributed by atoms with Crippen molar-refractivity contribution >= 4 is 11.9 Å². The van der Waals surface area contributed by atoms with Gasteiger partial charge >= 0.3 is 5.97 Å². The molecule has 0 radical (unpaired) electrons. The highest BCUT2D eigenvalue weighted by Gasteiger charge is 2.19. The number of ether oxygens (including phenoxy) is 1. The van der Waals surface area contributed by atoms with Crippen LogP contribution >= 0.6 is 0 Å². The fourth-order valence-corrected chi connectivity index (χ4v) is 1.71. The van der Waals surface area contributed by atoms with Crippen LogP contribution in [0.15, 0.2) is 24.3 Å². The highest BCUT2D eigenvalue weighted by atomic mass is 16.5. The minimum absolute atomic E-state index is 0.371. The quantitative estimate of drug-likeness (QED) is 0.788. The second-order valence-electron chi connectivity index (χ2n) is 4.28. The van der Waals surface area contributed by atoms with Gasteiger partial charge in [0.25, 0.3) is 5.91 Å². The summed E-state index contributed by atoms with van der Waals surface area (Å²) in [7, 11) is 1.60. The third kappa shape index (κ3) is 4.71. The summed E-state index contributed by atoms with van der Waals surface area (Å²) in [5.74, 6) is -1.38. The second kappa shape index (κ2) is 7.53. The van der Waals surface area contributed by atoms with Gasteiger partial charge in [-0.1, -0.05) is 25.5 Å². The molecule has 0 aliphatic carbocycles. The second-order valence-corrected chi connectivity index (χ2v) is 4.28. The van der Waals surface area contributed by atoms with E-state index < -0.39 is 12.0 Å². The molecule has 0 bridgehead atoms. The van der Waals surface area contributed by atoms with Gasteiger partial charge in [0.2, 0.25) is 0 Å². The lowest BCUT2D eigenvalue weighted by Gasteiger charge is -2.13. The molecule has 0 aliphatic heterocycles. The number of amides is 1. The van der Waals surface area contributed by atoms with E-state index in [2.05, 4.69) is 5.32 Å². The molecule has 5 nitrogen and oxygen atoms in total. The normalized spacial score (nSPS) is 11.9. The number of carbonyl (C=O) groups is 2. The summed E-state index contributed by atoms with van der Waals surface area (Å²) >= 11 is 0. The number of nitrogens with one attached hydrogen (secondary N) is 1. The van der Waals surface area contributed by atoms with Crippen LogP contribution in [0.2, 0.25) is 0 Å². The third-order valence-corrected chi connectivity index (χ3v) is 2.71. The fraction of sp³-hybridized carbons (Fsp3) is 0.429. The minimum atomic E-state index is -1.01. The summed E-state index contributed by atoms with van der Waals surface area (Å²) in [6, 6.07) is 6.06. The first kappa shape index (κ1) is 15.2. The number of hydrogen-bond donors (Lipinski definition) is 2. The van der Waals surface area contributed by atoms with Gasteiger partial charge in [-0.05, 0) is 24.1 Å². The Bertz CT molecular complexity index is 428. The largest absolute Gasteiger partial charge is 0.480 e. The fourth-order valence-electron chi connectivity index (χ4n) is 1.71. The van der Waals surface area contributed by atoms with E-state index in [0.717, 1.165) is 5.56 Å². The molecule has 104 valence electrons. The van der Waals surface area contributed by atoms with Crippen LogP contribution in [0.3, 0.4) is 0 Å². The summed E-state index contributed by atoms with van der Waals surface area (Å²) in [5.41, 5.74) is 1.41. The summed E-state index contributed by atoms with van der Waals surface area (Å²) < 4.78 is 4.98. The van der Waals surface area contributed by atoms with Crippen LogP contribution < -0.4 is 5.32 Å².